The van der Waals surface area contributed by atoms with Gasteiger partial charge in [0.15, 0.2) is 5.82 Å². The third kappa shape index (κ3) is 3.44. The normalized spacial score (nSPS) is 10.7. The lowest BCUT2D eigenvalue weighted by Gasteiger charge is -2.13. The van der Waals surface area contributed by atoms with E-state index < -0.39 is 0 Å². The summed E-state index contributed by atoms with van der Waals surface area (Å²) in [5.74, 6) is 0.440. The maximum atomic E-state index is 12.7. The first kappa shape index (κ1) is 17.2. The molecule has 25 heavy (non-hydrogen) atoms. The van der Waals surface area contributed by atoms with Gasteiger partial charge in [-0.3, -0.25) is 10.2 Å². The first-order valence-electron chi connectivity index (χ1n) is 8.22. The standard InChI is InChI=1S/C20H20ClN3O/c1-4-15-9-11-16(12-10-15)20(25)23-24-14(3)13(2)22-19(24)17-7-5-6-8-18(17)21/h5-12H,4H2,1-3H3,(H,23,25). The molecule has 0 bridgehead atoms. The number of aryl methyl sites for hydroxylation is 2. The highest BCUT2D eigenvalue weighted by Gasteiger charge is 2.17. The molecule has 0 saturated carbocycles. The number of carbonyl (C=O) groups is 1. The van der Waals surface area contributed by atoms with Gasteiger partial charge in [0, 0.05) is 11.1 Å². The second kappa shape index (κ2) is 7.11. The molecular weight excluding hydrogens is 334 g/mol. The van der Waals surface area contributed by atoms with E-state index >= 15 is 0 Å². The lowest BCUT2D eigenvalue weighted by Crippen LogP contribution is -2.24. The van der Waals surface area contributed by atoms with Gasteiger partial charge in [-0.15, -0.1) is 0 Å². The summed E-state index contributed by atoms with van der Waals surface area (Å²) < 4.78 is 1.70. The fourth-order valence-electron chi connectivity index (χ4n) is 2.63. The van der Waals surface area contributed by atoms with Crippen LogP contribution in [0.4, 0.5) is 0 Å². The van der Waals surface area contributed by atoms with Gasteiger partial charge in [-0.05, 0) is 50.1 Å². The molecule has 5 heteroatoms. The highest BCUT2D eigenvalue weighted by Crippen LogP contribution is 2.28. The van der Waals surface area contributed by atoms with Crippen molar-refractivity contribution in [3.63, 3.8) is 0 Å². The van der Waals surface area contributed by atoms with Crippen LogP contribution in [0.5, 0.6) is 0 Å². The van der Waals surface area contributed by atoms with E-state index in [4.69, 9.17) is 11.6 Å². The maximum Gasteiger partial charge on any atom is 0.270 e. The average molecular weight is 354 g/mol. The summed E-state index contributed by atoms with van der Waals surface area (Å²) in [6.07, 6.45) is 0.943. The fourth-order valence-corrected chi connectivity index (χ4v) is 2.85. The van der Waals surface area contributed by atoms with E-state index in [0.717, 1.165) is 23.4 Å². The summed E-state index contributed by atoms with van der Waals surface area (Å²) in [7, 11) is 0. The third-order valence-corrected chi connectivity index (χ3v) is 4.63. The Bertz CT molecular complexity index is 913. The Hall–Kier alpha value is -2.59. The van der Waals surface area contributed by atoms with E-state index in [1.165, 1.54) is 5.56 Å². The minimum absolute atomic E-state index is 0.184. The van der Waals surface area contributed by atoms with E-state index in [-0.39, 0.29) is 5.91 Å². The minimum atomic E-state index is -0.184. The van der Waals surface area contributed by atoms with E-state index in [1.807, 2.05) is 62.4 Å². The molecule has 0 saturated heterocycles. The molecule has 0 atom stereocenters. The zero-order chi connectivity index (χ0) is 18.0. The van der Waals surface area contributed by atoms with E-state index in [9.17, 15) is 4.79 Å². The number of hydrogen-bond acceptors (Lipinski definition) is 2. The molecule has 0 radical (unpaired) electrons. The van der Waals surface area contributed by atoms with Crippen LogP contribution in [0.15, 0.2) is 48.5 Å². The lowest BCUT2D eigenvalue weighted by molar-refractivity contribution is 0.101. The van der Waals surface area contributed by atoms with Gasteiger partial charge in [-0.25, -0.2) is 9.66 Å². The molecule has 0 aliphatic rings. The van der Waals surface area contributed by atoms with Crippen molar-refractivity contribution in [3.8, 4) is 11.4 Å². The van der Waals surface area contributed by atoms with Crippen LogP contribution >= 0.6 is 11.6 Å². The predicted molar refractivity (Wildman–Crippen MR) is 102 cm³/mol. The number of nitrogens with one attached hydrogen (secondary N) is 1. The third-order valence-electron chi connectivity index (χ3n) is 4.30. The summed E-state index contributed by atoms with van der Waals surface area (Å²) in [4.78, 5) is 17.2. The molecule has 1 aromatic heterocycles. The molecule has 3 aromatic rings. The highest BCUT2D eigenvalue weighted by molar-refractivity contribution is 6.33. The zero-order valence-electron chi connectivity index (χ0n) is 14.5. The molecule has 1 N–H and O–H groups in total. The number of amides is 1. The average Bonchev–Trinajstić information content (AvgIpc) is 2.90. The first-order valence-corrected chi connectivity index (χ1v) is 8.60. The van der Waals surface area contributed by atoms with Crippen molar-refractivity contribution >= 4 is 17.5 Å². The van der Waals surface area contributed by atoms with Crippen LogP contribution in [-0.2, 0) is 6.42 Å². The monoisotopic (exact) mass is 353 g/mol. The van der Waals surface area contributed by atoms with Gasteiger partial charge >= 0.3 is 0 Å². The zero-order valence-corrected chi connectivity index (χ0v) is 15.3. The Morgan fingerprint density at radius 2 is 1.80 bits per heavy atom. The smallest absolute Gasteiger partial charge is 0.267 e. The van der Waals surface area contributed by atoms with Crippen molar-refractivity contribution in [1.29, 1.82) is 0 Å². The SMILES string of the molecule is CCc1ccc(C(=O)Nn2c(-c3ccccc3Cl)nc(C)c2C)cc1. The lowest BCUT2D eigenvalue weighted by atomic mass is 10.1. The van der Waals surface area contributed by atoms with Crippen molar-refractivity contribution in [2.24, 2.45) is 0 Å². The summed E-state index contributed by atoms with van der Waals surface area (Å²) in [6, 6.07) is 15.1. The number of imidazole rings is 1. The van der Waals surface area contributed by atoms with Crippen LogP contribution in [-0.4, -0.2) is 15.6 Å². The van der Waals surface area contributed by atoms with Gasteiger partial charge < -0.3 is 0 Å². The van der Waals surface area contributed by atoms with Gasteiger partial charge in [-0.1, -0.05) is 42.8 Å². The molecule has 4 nitrogen and oxygen atoms in total. The molecule has 128 valence electrons. The van der Waals surface area contributed by atoms with Crippen molar-refractivity contribution in [3.05, 3.63) is 76.1 Å². The Labute approximate surface area is 152 Å². The largest absolute Gasteiger partial charge is 0.270 e. The van der Waals surface area contributed by atoms with Crippen molar-refractivity contribution in [2.75, 3.05) is 5.43 Å². The molecule has 0 aliphatic heterocycles. The molecule has 0 aliphatic carbocycles. The van der Waals surface area contributed by atoms with Crippen molar-refractivity contribution < 1.29 is 4.79 Å². The quantitative estimate of drug-likeness (QED) is 0.734. The topological polar surface area (TPSA) is 46.9 Å². The number of carbonyl (C=O) groups excluding carboxylic acids is 1. The van der Waals surface area contributed by atoms with Crippen LogP contribution < -0.4 is 5.43 Å². The number of halogens is 1. The van der Waals surface area contributed by atoms with Crippen LogP contribution in [0, 0.1) is 13.8 Å². The first-order chi connectivity index (χ1) is 12.0. The molecule has 0 spiro atoms. The van der Waals surface area contributed by atoms with Gasteiger partial charge in [-0.2, -0.15) is 0 Å². The molecule has 0 fully saturated rings. The van der Waals surface area contributed by atoms with Gasteiger partial charge in [0.1, 0.15) is 0 Å². The molecule has 3 rings (SSSR count). The summed E-state index contributed by atoms with van der Waals surface area (Å²) in [5.41, 5.74) is 7.23. The van der Waals surface area contributed by atoms with Gasteiger partial charge in [0.05, 0.1) is 16.4 Å². The molecule has 0 unspecified atom stereocenters. The van der Waals surface area contributed by atoms with E-state index in [2.05, 4.69) is 17.3 Å². The Balaban J connectivity index is 1.97. The second-order valence-electron chi connectivity index (χ2n) is 5.91. The molecule has 2 aromatic carbocycles. The number of aromatic nitrogens is 2. The molecular formula is C20H20ClN3O. The Kier molecular flexibility index (Phi) is 4.91. The van der Waals surface area contributed by atoms with Crippen LogP contribution in [0.2, 0.25) is 5.02 Å². The van der Waals surface area contributed by atoms with Crippen LogP contribution in [0.3, 0.4) is 0 Å². The summed E-state index contributed by atoms with van der Waals surface area (Å²) in [5, 5.41) is 0.593. The molecule has 1 amide bonds. The van der Waals surface area contributed by atoms with E-state index in [0.29, 0.717) is 16.4 Å². The number of rotatable bonds is 4. The van der Waals surface area contributed by atoms with E-state index in [1.54, 1.807) is 4.68 Å². The predicted octanol–water partition coefficient (Wildman–Crippen LogP) is 4.77. The van der Waals surface area contributed by atoms with Crippen molar-refractivity contribution in [2.45, 2.75) is 27.2 Å². The Morgan fingerprint density at radius 1 is 1.12 bits per heavy atom. The van der Waals surface area contributed by atoms with Crippen LogP contribution in [0.1, 0.15) is 34.2 Å². The fraction of sp³-hybridized carbons (Fsp3) is 0.200. The number of benzene rings is 2. The second-order valence-corrected chi connectivity index (χ2v) is 6.32. The van der Waals surface area contributed by atoms with Crippen LogP contribution in [0.25, 0.3) is 11.4 Å². The number of hydrogen-bond donors (Lipinski definition) is 1. The van der Waals surface area contributed by atoms with Gasteiger partial charge in [0.25, 0.3) is 5.91 Å². The molecule has 1 heterocycles. The Morgan fingerprint density at radius 3 is 2.44 bits per heavy atom. The maximum absolute atomic E-state index is 12.7. The minimum Gasteiger partial charge on any atom is -0.267 e. The summed E-state index contributed by atoms with van der Waals surface area (Å²) in [6.45, 7) is 5.92. The highest BCUT2D eigenvalue weighted by atomic mass is 35.5. The summed E-state index contributed by atoms with van der Waals surface area (Å²) >= 11 is 6.31. The van der Waals surface area contributed by atoms with Gasteiger partial charge in [0.2, 0.25) is 0 Å². The number of nitrogens with zero attached hydrogens (tertiary/aromatic N) is 2. The van der Waals surface area contributed by atoms with Crippen molar-refractivity contribution in [1.82, 2.24) is 9.66 Å².